The molecule has 2 N–H and O–H groups in total. The lowest BCUT2D eigenvalue weighted by Crippen LogP contribution is -2.49. The molecule has 3 heteroatoms. The molecule has 0 aliphatic heterocycles. The quantitative estimate of drug-likeness (QED) is 0.802. The number of carbonyl (C=O) groups excluding carboxylic acids is 1. The van der Waals surface area contributed by atoms with Crippen LogP contribution in [0.1, 0.15) is 59.3 Å². The Labute approximate surface area is 106 Å². The van der Waals surface area contributed by atoms with Crippen LogP contribution in [0.4, 0.5) is 0 Å². The SMILES string of the molecule is CCN(C(=O)[C@H](N)CC(C)C)C1CCCCC1. The molecular weight excluding hydrogens is 212 g/mol. The maximum atomic E-state index is 12.3. The summed E-state index contributed by atoms with van der Waals surface area (Å²) in [6.07, 6.45) is 6.95. The smallest absolute Gasteiger partial charge is 0.239 e. The van der Waals surface area contributed by atoms with E-state index in [1.165, 1.54) is 19.3 Å². The van der Waals surface area contributed by atoms with Crippen molar-refractivity contribution in [1.29, 1.82) is 0 Å². The molecule has 1 aliphatic carbocycles. The minimum absolute atomic E-state index is 0.160. The molecule has 0 aromatic carbocycles. The average Bonchev–Trinajstić information content (AvgIpc) is 2.30. The van der Waals surface area contributed by atoms with Gasteiger partial charge in [-0.1, -0.05) is 33.1 Å². The van der Waals surface area contributed by atoms with Crippen LogP contribution in [-0.4, -0.2) is 29.4 Å². The summed E-state index contributed by atoms with van der Waals surface area (Å²) in [6.45, 7) is 7.10. The molecule has 100 valence electrons. The van der Waals surface area contributed by atoms with Gasteiger partial charge in [0.25, 0.3) is 0 Å². The van der Waals surface area contributed by atoms with Crippen LogP contribution >= 0.6 is 0 Å². The molecule has 0 spiro atoms. The molecule has 0 aromatic rings. The molecular formula is C14H28N2O. The van der Waals surface area contributed by atoms with Gasteiger partial charge in [-0.3, -0.25) is 4.79 Å². The van der Waals surface area contributed by atoms with E-state index in [0.717, 1.165) is 25.8 Å². The lowest BCUT2D eigenvalue weighted by molar-refractivity contribution is -0.135. The summed E-state index contributed by atoms with van der Waals surface area (Å²) in [6, 6.07) is 0.135. The highest BCUT2D eigenvalue weighted by molar-refractivity contribution is 5.81. The van der Waals surface area contributed by atoms with Gasteiger partial charge in [0.05, 0.1) is 6.04 Å². The highest BCUT2D eigenvalue weighted by Gasteiger charge is 2.27. The first-order chi connectivity index (χ1) is 8.06. The van der Waals surface area contributed by atoms with Crippen LogP contribution in [-0.2, 0) is 4.79 Å². The van der Waals surface area contributed by atoms with E-state index in [-0.39, 0.29) is 11.9 Å². The van der Waals surface area contributed by atoms with Gasteiger partial charge < -0.3 is 10.6 Å². The lowest BCUT2D eigenvalue weighted by Gasteiger charge is -2.35. The van der Waals surface area contributed by atoms with Crippen molar-refractivity contribution in [3.8, 4) is 0 Å². The van der Waals surface area contributed by atoms with Crippen molar-refractivity contribution in [2.45, 2.75) is 71.4 Å². The van der Waals surface area contributed by atoms with E-state index in [9.17, 15) is 4.79 Å². The Balaban J connectivity index is 2.55. The summed E-state index contributed by atoms with van der Waals surface area (Å²) >= 11 is 0. The van der Waals surface area contributed by atoms with Crippen molar-refractivity contribution in [3.05, 3.63) is 0 Å². The fraction of sp³-hybridized carbons (Fsp3) is 0.929. The van der Waals surface area contributed by atoms with Crippen molar-refractivity contribution < 1.29 is 4.79 Å². The van der Waals surface area contributed by atoms with Crippen molar-refractivity contribution in [2.75, 3.05) is 6.54 Å². The normalized spacial score (nSPS) is 19.4. The van der Waals surface area contributed by atoms with Gasteiger partial charge in [-0.2, -0.15) is 0 Å². The Kier molecular flexibility index (Phi) is 5.96. The Bertz CT molecular complexity index is 234. The monoisotopic (exact) mass is 240 g/mol. The molecule has 1 fully saturated rings. The number of likely N-dealkylation sites (N-methyl/N-ethyl adjacent to an activating group) is 1. The zero-order valence-electron chi connectivity index (χ0n) is 11.6. The van der Waals surface area contributed by atoms with Crippen molar-refractivity contribution in [2.24, 2.45) is 11.7 Å². The molecule has 0 radical (unpaired) electrons. The predicted octanol–water partition coefficient (Wildman–Crippen LogP) is 2.54. The minimum Gasteiger partial charge on any atom is -0.339 e. The Hall–Kier alpha value is -0.570. The van der Waals surface area contributed by atoms with Crippen LogP contribution in [0, 0.1) is 5.92 Å². The van der Waals surface area contributed by atoms with E-state index in [2.05, 4.69) is 20.8 Å². The van der Waals surface area contributed by atoms with Gasteiger partial charge in [-0.15, -0.1) is 0 Å². The largest absolute Gasteiger partial charge is 0.339 e. The maximum Gasteiger partial charge on any atom is 0.239 e. The molecule has 0 saturated heterocycles. The third-order valence-corrected chi connectivity index (χ3v) is 3.68. The molecule has 0 bridgehead atoms. The molecule has 0 aromatic heterocycles. The van der Waals surface area contributed by atoms with E-state index in [1.54, 1.807) is 0 Å². The molecule has 1 saturated carbocycles. The summed E-state index contributed by atoms with van der Waals surface area (Å²) in [4.78, 5) is 14.3. The van der Waals surface area contributed by atoms with E-state index >= 15 is 0 Å². The van der Waals surface area contributed by atoms with Gasteiger partial charge in [0.1, 0.15) is 0 Å². The number of rotatable bonds is 5. The van der Waals surface area contributed by atoms with E-state index in [0.29, 0.717) is 12.0 Å². The fourth-order valence-corrected chi connectivity index (χ4v) is 2.81. The summed E-state index contributed by atoms with van der Waals surface area (Å²) in [5, 5.41) is 0. The number of nitrogens with two attached hydrogens (primary N) is 1. The van der Waals surface area contributed by atoms with Crippen LogP contribution in [0.25, 0.3) is 0 Å². The van der Waals surface area contributed by atoms with E-state index in [1.807, 2.05) is 4.90 Å². The highest BCUT2D eigenvalue weighted by Crippen LogP contribution is 2.23. The summed E-state index contributed by atoms with van der Waals surface area (Å²) in [5.41, 5.74) is 6.01. The van der Waals surface area contributed by atoms with Gasteiger partial charge in [-0.05, 0) is 32.1 Å². The topological polar surface area (TPSA) is 46.3 Å². The number of carbonyl (C=O) groups is 1. The number of hydrogen-bond acceptors (Lipinski definition) is 2. The van der Waals surface area contributed by atoms with Crippen molar-refractivity contribution >= 4 is 5.91 Å². The van der Waals surface area contributed by atoms with E-state index in [4.69, 9.17) is 5.73 Å². The van der Waals surface area contributed by atoms with Gasteiger partial charge in [0.15, 0.2) is 0 Å². The lowest BCUT2D eigenvalue weighted by atomic mass is 9.93. The number of hydrogen-bond donors (Lipinski definition) is 1. The minimum atomic E-state index is -0.308. The number of amides is 1. The maximum absolute atomic E-state index is 12.3. The summed E-state index contributed by atoms with van der Waals surface area (Å²) < 4.78 is 0. The Morgan fingerprint density at radius 3 is 2.35 bits per heavy atom. The second kappa shape index (κ2) is 7.00. The molecule has 0 unspecified atom stereocenters. The molecule has 0 heterocycles. The van der Waals surface area contributed by atoms with E-state index < -0.39 is 0 Å². The van der Waals surface area contributed by atoms with Crippen LogP contribution in [0.5, 0.6) is 0 Å². The van der Waals surface area contributed by atoms with Crippen LogP contribution in [0.15, 0.2) is 0 Å². The van der Waals surface area contributed by atoms with Crippen molar-refractivity contribution in [1.82, 2.24) is 4.90 Å². The highest BCUT2D eigenvalue weighted by atomic mass is 16.2. The Morgan fingerprint density at radius 2 is 1.88 bits per heavy atom. The van der Waals surface area contributed by atoms with Gasteiger partial charge in [-0.25, -0.2) is 0 Å². The summed E-state index contributed by atoms with van der Waals surface area (Å²) in [5.74, 6) is 0.645. The second-order valence-electron chi connectivity index (χ2n) is 5.65. The molecule has 1 rings (SSSR count). The van der Waals surface area contributed by atoms with Crippen LogP contribution in [0.2, 0.25) is 0 Å². The third-order valence-electron chi connectivity index (χ3n) is 3.68. The standard InChI is InChI=1S/C14H28N2O/c1-4-16(12-8-6-5-7-9-12)14(17)13(15)10-11(2)3/h11-13H,4-10,15H2,1-3H3/t13-/m1/s1. The van der Waals surface area contributed by atoms with Gasteiger partial charge in [0, 0.05) is 12.6 Å². The molecule has 1 aliphatic rings. The van der Waals surface area contributed by atoms with Gasteiger partial charge >= 0.3 is 0 Å². The van der Waals surface area contributed by atoms with Crippen molar-refractivity contribution in [3.63, 3.8) is 0 Å². The van der Waals surface area contributed by atoms with Gasteiger partial charge in [0.2, 0.25) is 5.91 Å². The van der Waals surface area contributed by atoms with Crippen LogP contribution < -0.4 is 5.73 Å². The second-order valence-corrected chi connectivity index (χ2v) is 5.65. The van der Waals surface area contributed by atoms with Crippen LogP contribution in [0.3, 0.4) is 0 Å². The first-order valence-corrected chi connectivity index (χ1v) is 7.12. The fourth-order valence-electron chi connectivity index (χ4n) is 2.81. The summed E-state index contributed by atoms with van der Waals surface area (Å²) in [7, 11) is 0. The third kappa shape index (κ3) is 4.30. The molecule has 1 atom stereocenters. The molecule has 17 heavy (non-hydrogen) atoms. The molecule has 3 nitrogen and oxygen atoms in total. The number of nitrogens with zero attached hydrogens (tertiary/aromatic N) is 1. The first-order valence-electron chi connectivity index (χ1n) is 7.12. The Morgan fingerprint density at radius 1 is 1.29 bits per heavy atom. The molecule has 1 amide bonds. The zero-order valence-corrected chi connectivity index (χ0v) is 11.6. The average molecular weight is 240 g/mol. The first kappa shape index (κ1) is 14.5. The predicted molar refractivity (Wildman–Crippen MR) is 71.7 cm³/mol. The zero-order chi connectivity index (χ0) is 12.8.